The zero-order valence-electron chi connectivity index (χ0n) is 21.4. The third-order valence-electron chi connectivity index (χ3n) is 6.61. The Balaban J connectivity index is 1.68. The van der Waals surface area contributed by atoms with Crippen molar-refractivity contribution in [2.75, 3.05) is 13.9 Å². The summed E-state index contributed by atoms with van der Waals surface area (Å²) in [6.07, 6.45) is 5.60. The van der Waals surface area contributed by atoms with Gasteiger partial charge in [-0.1, -0.05) is 50.1 Å². The van der Waals surface area contributed by atoms with Crippen molar-refractivity contribution < 1.29 is 33.3 Å². The van der Waals surface area contributed by atoms with E-state index in [-0.39, 0.29) is 35.6 Å². The van der Waals surface area contributed by atoms with Crippen molar-refractivity contribution in [3.8, 4) is 11.5 Å². The smallest absolute Gasteiger partial charge is 0.309 e. The maximum absolute atomic E-state index is 13.1. The van der Waals surface area contributed by atoms with Crippen LogP contribution in [0.15, 0.2) is 42.6 Å². The van der Waals surface area contributed by atoms with E-state index in [4.69, 9.17) is 18.9 Å². The third kappa shape index (κ3) is 7.06. The maximum atomic E-state index is 13.1. The summed E-state index contributed by atoms with van der Waals surface area (Å²) in [7, 11) is 1.43. The molecule has 3 atom stereocenters. The molecule has 0 spiro atoms. The fourth-order valence-corrected chi connectivity index (χ4v) is 4.85. The fraction of sp³-hybridized carbons (Fsp3) is 0.500. The number of aromatic nitrogens is 1. The van der Waals surface area contributed by atoms with Crippen LogP contribution in [-0.4, -0.2) is 42.7 Å². The number of carbonyl (C=O) groups is 3. The largest absolute Gasteiger partial charge is 0.493 e. The van der Waals surface area contributed by atoms with E-state index in [0.717, 1.165) is 12.8 Å². The van der Waals surface area contributed by atoms with E-state index in [2.05, 4.69) is 17.1 Å². The molecule has 1 aliphatic carbocycles. The minimum absolute atomic E-state index is 0.00215. The fourth-order valence-electron chi connectivity index (χ4n) is 4.85. The molecule has 1 fully saturated rings. The monoisotopic (exact) mass is 497 g/mol. The highest BCUT2D eigenvalue weighted by Crippen LogP contribution is 2.40. The van der Waals surface area contributed by atoms with Gasteiger partial charge in [0.2, 0.25) is 6.79 Å². The van der Waals surface area contributed by atoms with Gasteiger partial charge in [-0.15, -0.1) is 0 Å². The van der Waals surface area contributed by atoms with Gasteiger partial charge in [-0.3, -0.25) is 14.4 Å². The normalized spacial score (nSPS) is 16.0. The van der Waals surface area contributed by atoms with Crippen molar-refractivity contribution in [2.45, 2.75) is 64.9 Å². The average molecular weight is 498 g/mol. The first-order valence-electron chi connectivity index (χ1n) is 12.4. The molecule has 8 nitrogen and oxygen atoms in total. The van der Waals surface area contributed by atoms with Crippen LogP contribution in [0.3, 0.4) is 0 Å². The number of ketones is 1. The van der Waals surface area contributed by atoms with Gasteiger partial charge in [-0.2, -0.15) is 0 Å². The lowest BCUT2D eigenvalue weighted by Gasteiger charge is -2.30. The van der Waals surface area contributed by atoms with Gasteiger partial charge in [0.25, 0.3) is 0 Å². The second kappa shape index (κ2) is 13.0. The summed E-state index contributed by atoms with van der Waals surface area (Å²) >= 11 is 0. The number of benzene rings is 1. The van der Waals surface area contributed by atoms with Gasteiger partial charge in [0, 0.05) is 31.5 Å². The van der Waals surface area contributed by atoms with Crippen LogP contribution in [0.5, 0.6) is 11.5 Å². The van der Waals surface area contributed by atoms with Gasteiger partial charge in [-0.05, 0) is 31.2 Å². The molecule has 1 saturated carbocycles. The number of pyridine rings is 1. The molecule has 0 N–H and O–H groups in total. The van der Waals surface area contributed by atoms with E-state index in [1.165, 1.54) is 44.7 Å². The zero-order chi connectivity index (χ0) is 26.1. The number of methoxy groups -OCH3 is 1. The molecule has 1 heterocycles. The molecule has 0 bridgehead atoms. The van der Waals surface area contributed by atoms with Crippen molar-refractivity contribution in [3.63, 3.8) is 0 Å². The Kier molecular flexibility index (Phi) is 9.85. The Labute approximate surface area is 212 Å². The molecule has 1 aromatic heterocycles. The maximum Gasteiger partial charge on any atom is 0.309 e. The minimum atomic E-state index is -0.686. The minimum Gasteiger partial charge on any atom is -0.493 e. The summed E-state index contributed by atoms with van der Waals surface area (Å²) in [6, 6.07) is 11.7. The first-order valence-corrected chi connectivity index (χ1v) is 12.4. The molecule has 0 aliphatic heterocycles. The summed E-state index contributed by atoms with van der Waals surface area (Å²) in [6.45, 7) is 4.46. The Bertz CT molecular complexity index is 1030. The SMILES string of the molecule is COc1ccnc(C(=O)C[C@@H](C)C(=O)OC(C)[C@H](c2ccccc2)C2CCCC2)c1OCOC(C)=O. The van der Waals surface area contributed by atoms with Gasteiger partial charge in [0.1, 0.15) is 6.10 Å². The number of nitrogens with zero attached hydrogens (tertiary/aromatic N) is 1. The van der Waals surface area contributed by atoms with Crippen molar-refractivity contribution in [3.05, 3.63) is 53.9 Å². The third-order valence-corrected chi connectivity index (χ3v) is 6.61. The second-order valence-electron chi connectivity index (χ2n) is 9.24. The van der Waals surface area contributed by atoms with Crippen LogP contribution in [0.1, 0.15) is 74.8 Å². The Hall–Kier alpha value is -3.42. The topological polar surface area (TPSA) is 101 Å². The lowest BCUT2D eigenvalue weighted by atomic mass is 9.81. The van der Waals surface area contributed by atoms with E-state index in [0.29, 0.717) is 5.92 Å². The first-order chi connectivity index (χ1) is 17.3. The number of carbonyl (C=O) groups excluding carboxylic acids is 3. The Morgan fingerprint density at radius 1 is 1.06 bits per heavy atom. The molecular formula is C28H35NO7. The lowest BCUT2D eigenvalue weighted by Crippen LogP contribution is -2.30. The van der Waals surface area contributed by atoms with Crippen LogP contribution in [0.25, 0.3) is 0 Å². The van der Waals surface area contributed by atoms with Crippen LogP contribution in [0, 0.1) is 11.8 Å². The summed E-state index contributed by atoms with van der Waals surface area (Å²) in [5, 5.41) is 0. The van der Waals surface area contributed by atoms with Crippen LogP contribution in [0.4, 0.5) is 0 Å². The number of hydrogen-bond donors (Lipinski definition) is 0. The molecule has 3 rings (SSSR count). The van der Waals surface area contributed by atoms with Crippen molar-refractivity contribution in [2.24, 2.45) is 11.8 Å². The van der Waals surface area contributed by atoms with Gasteiger partial charge in [0.05, 0.1) is 13.0 Å². The predicted octanol–water partition coefficient (Wildman–Crippen LogP) is 5.10. The number of rotatable bonds is 12. The first kappa shape index (κ1) is 27.2. The van der Waals surface area contributed by atoms with Gasteiger partial charge >= 0.3 is 11.9 Å². The summed E-state index contributed by atoms with van der Waals surface area (Å²) in [5.41, 5.74) is 1.17. The highest BCUT2D eigenvalue weighted by atomic mass is 16.7. The molecule has 1 aromatic carbocycles. The molecule has 0 radical (unpaired) electrons. The number of Topliss-reactive ketones (excluding diaryl/α,β-unsaturated/α-hetero) is 1. The summed E-state index contributed by atoms with van der Waals surface area (Å²) < 4.78 is 21.5. The summed E-state index contributed by atoms with van der Waals surface area (Å²) in [5.74, 6) is -1.14. The van der Waals surface area contributed by atoms with Crippen molar-refractivity contribution >= 4 is 17.7 Å². The van der Waals surface area contributed by atoms with Crippen LogP contribution in [-0.2, 0) is 19.1 Å². The number of ether oxygens (including phenoxy) is 4. The van der Waals surface area contributed by atoms with Crippen molar-refractivity contribution in [1.29, 1.82) is 0 Å². The Morgan fingerprint density at radius 2 is 1.75 bits per heavy atom. The predicted molar refractivity (Wildman–Crippen MR) is 133 cm³/mol. The second-order valence-corrected chi connectivity index (χ2v) is 9.24. The molecule has 1 unspecified atom stereocenters. The molecule has 2 aromatic rings. The molecule has 1 aliphatic rings. The molecule has 36 heavy (non-hydrogen) atoms. The van der Waals surface area contributed by atoms with E-state index in [1.54, 1.807) is 6.92 Å². The van der Waals surface area contributed by atoms with Crippen molar-refractivity contribution in [1.82, 2.24) is 4.98 Å². The quantitative estimate of drug-likeness (QED) is 0.227. The molecule has 194 valence electrons. The van der Waals surface area contributed by atoms with Crippen LogP contribution < -0.4 is 9.47 Å². The van der Waals surface area contributed by atoms with Gasteiger partial charge in [0.15, 0.2) is 23.0 Å². The Morgan fingerprint density at radius 3 is 2.39 bits per heavy atom. The zero-order valence-corrected chi connectivity index (χ0v) is 21.4. The van der Waals surface area contributed by atoms with E-state index < -0.39 is 30.4 Å². The van der Waals surface area contributed by atoms with Gasteiger partial charge < -0.3 is 18.9 Å². The van der Waals surface area contributed by atoms with Gasteiger partial charge in [-0.25, -0.2) is 4.98 Å². The molecule has 8 heteroatoms. The molecular weight excluding hydrogens is 462 g/mol. The molecule has 0 amide bonds. The standard InChI is InChI=1S/C28H35NO7/c1-18(16-23(31)26-27(35-17-34-20(3)30)24(33-4)14-15-29-26)28(32)36-19(2)25(22-12-8-9-13-22)21-10-6-5-7-11-21/h5-7,10-11,14-15,18-19,22,25H,8-9,12-13,16-17H2,1-4H3/t18-,19?,25-/m1/s1. The highest BCUT2D eigenvalue weighted by molar-refractivity contribution is 5.99. The summed E-state index contributed by atoms with van der Waals surface area (Å²) in [4.78, 5) is 41.3. The van der Waals surface area contributed by atoms with E-state index in [1.807, 2.05) is 25.1 Å². The van der Waals surface area contributed by atoms with Crippen LogP contribution in [0.2, 0.25) is 0 Å². The van der Waals surface area contributed by atoms with Crippen LogP contribution >= 0.6 is 0 Å². The average Bonchev–Trinajstić information content (AvgIpc) is 3.38. The molecule has 0 saturated heterocycles. The number of esters is 2. The van der Waals surface area contributed by atoms with E-state index >= 15 is 0 Å². The highest BCUT2D eigenvalue weighted by Gasteiger charge is 2.34. The number of hydrogen-bond acceptors (Lipinski definition) is 8. The lowest BCUT2D eigenvalue weighted by molar-refractivity contribution is -0.154. The van der Waals surface area contributed by atoms with E-state index in [9.17, 15) is 14.4 Å².